The highest BCUT2D eigenvalue weighted by Gasteiger charge is 2.42. The van der Waals surface area contributed by atoms with Gasteiger partial charge in [0.05, 0.1) is 5.71 Å². The molecule has 2 N–H and O–H groups in total. The number of aliphatic hydroxyl groups is 1. The summed E-state index contributed by atoms with van der Waals surface area (Å²) in [6, 6.07) is 6.25. The summed E-state index contributed by atoms with van der Waals surface area (Å²) in [7, 11) is 0. The van der Waals surface area contributed by atoms with Crippen LogP contribution in [0.3, 0.4) is 0 Å². The smallest absolute Gasteiger partial charge is 0.267 e. The van der Waals surface area contributed by atoms with Gasteiger partial charge >= 0.3 is 0 Å². The number of nitrogens with one attached hydrogen (secondary N) is 1. The Kier molecular flexibility index (Phi) is 4.34. The van der Waals surface area contributed by atoms with E-state index in [0.29, 0.717) is 24.2 Å². The summed E-state index contributed by atoms with van der Waals surface area (Å²) in [5.74, 6) is -0.708. The lowest BCUT2D eigenvalue weighted by molar-refractivity contribution is -0.141. The highest BCUT2D eigenvalue weighted by molar-refractivity contribution is 6.05. The molecule has 2 rings (SSSR count). The van der Waals surface area contributed by atoms with E-state index in [1.54, 1.807) is 25.1 Å². The Hall–Kier alpha value is -1.95. The van der Waals surface area contributed by atoms with Crippen molar-refractivity contribution >= 4 is 11.6 Å². The third kappa shape index (κ3) is 2.96. The molecular formula is C14H17FN2O3. The minimum absolute atomic E-state index is 0.00876. The van der Waals surface area contributed by atoms with Crippen LogP contribution in [0.25, 0.3) is 0 Å². The van der Waals surface area contributed by atoms with Gasteiger partial charge in [0.1, 0.15) is 5.82 Å². The van der Waals surface area contributed by atoms with Gasteiger partial charge in [-0.15, -0.1) is 0 Å². The molecule has 0 unspecified atom stereocenters. The molecule has 0 spiro atoms. The number of benzene rings is 1. The van der Waals surface area contributed by atoms with Crippen LogP contribution in [0.2, 0.25) is 0 Å². The van der Waals surface area contributed by atoms with E-state index < -0.39 is 5.60 Å². The van der Waals surface area contributed by atoms with Crippen LogP contribution in [0, 0.1) is 5.82 Å². The number of halogens is 1. The number of aliphatic hydroxyl groups excluding tert-OH is 1. The lowest BCUT2D eigenvalue weighted by Gasteiger charge is -2.20. The number of rotatable bonds is 5. The summed E-state index contributed by atoms with van der Waals surface area (Å²) in [5, 5.41) is 15.2. The molecule has 0 saturated heterocycles. The molecule has 20 heavy (non-hydrogen) atoms. The lowest BCUT2D eigenvalue weighted by atomic mass is 9.95. The number of amides is 1. The van der Waals surface area contributed by atoms with Gasteiger partial charge in [-0.2, -0.15) is 0 Å². The molecular weight excluding hydrogens is 263 g/mol. The van der Waals surface area contributed by atoms with E-state index in [9.17, 15) is 9.18 Å². The predicted octanol–water partition coefficient (Wildman–Crippen LogP) is 1.21. The number of nitrogens with zero attached hydrogens (tertiary/aromatic N) is 1. The number of carbonyl (C=O) groups is 1. The van der Waals surface area contributed by atoms with Gasteiger partial charge in [-0.1, -0.05) is 23.4 Å². The molecule has 5 nitrogen and oxygen atoms in total. The second-order valence-electron chi connectivity index (χ2n) is 4.85. The maximum Gasteiger partial charge on any atom is 0.267 e. The van der Waals surface area contributed by atoms with Crippen LogP contribution in [0.5, 0.6) is 0 Å². The van der Waals surface area contributed by atoms with Gasteiger partial charge in [0.25, 0.3) is 5.91 Å². The summed E-state index contributed by atoms with van der Waals surface area (Å²) in [6.07, 6.45) is 0.682. The summed E-state index contributed by atoms with van der Waals surface area (Å²) < 4.78 is 13.7. The van der Waals surface area contributed by atoms with Crippen molar-refractivity contribution in [3.63, 3.8) is 0 Å². The first-order valence-electron chi connectivity index (χ1n) is 6.46. The average molecular weight is 280 g/mol. The number of hydrogen-bond acceptors (Lipinski definition) is 4. The molecule has 1 atom stereocenters. The van der Waals surface area contributed by atoms with Gasteiger partial charge in [0, 0.05) is 25.1 Å². The van der Waals surface area contributed by atoms with Gasteiger partial charge in [-0.3, -0.25) is 4.79 Å². The highest BCUT2D eigenvalue weighted by Crippen LogP contribution is 2.27. The topological polar surface area (TPSA) is 70.9 Å². The highest BCUT2D eigenvalue weighted by atomic mass is 19.1. The molecule has 1 amide bonds. The first kappa shape index (κ1) is 14.5. The third-order valence-electron chi connectivity index (χ3n) is 3.15. The van der Waals surface area contributed by atoms with Crippen LogP contribution < -0.4 is 5.32 Å². The Morgan fingerprint density at radius 3 is 3.00 bits per heavy atom. The fourth-order valence-corrected chi connectivity index (χ4v) is 1.97. The van der Waals surface area contributed by atoms with Crippen LogP contribution in [0.15, 0.2) is 29.4 Å². The van der Waals surface area contributed by atoms with Gasteiger partial charge in [0.2, 0.25) is 5.60 Å². The summed E-state index contributed by atoms with van der Waals surface area (Å²) in [5.41, 5.74) is -0.366. The average Bonchev–Trinajstić information content (AvgIpc) is 2.83. The minimum atomic E-state index is -1.13. The normalized spacial score (nSPS) is 21.2. The van der Waals surface area contributed by atoms with Gasteiger partial charge in [0.15, 0.2) is 0 Å². The van der Waals surface area contributed by atoms with E-state index in [-0.39, 0.29) is 24.8 Å². The first-order chi connectivity index (χ1) is 9.57. The van der Waals surface area contributed by atoms with Gasteiger partial charge in [-0.05, 0) is 19.4 Å². The Labute approximate surface area is 116 Å². The third-order valence-corrected chi connectivity index (χ3v) is 3.15. The maximum absolute atomic E-state index is 13.7. The van der Waals surface area contributed by atoms with Crippen molar-refractivity contribution in [3.05, 3.63) is 35.6 Å². The van der Waals surface area contributed by atoms with E-state index in [1.165, 1.54) is 6.07 Å². The van der Waals surface area contributed by atoms with Crippen LogP contribution in [-0.4, -0.2) is 35.5 Å². The zero-order chi connectivity index (χ0) is 14.6. The van der Waals surface area contributed by atoms with E-state index in [1.807, 2.05) is 0 Å². The van der Waals surface area contributed by atoms with Crippen LogP contribution in [-0.2, 0) is 9.63 Å². The number of oxime groups is 1. The van der Waals surface area contributed by atoms with E-state index in [4.69, 9.17) is 9.94 Å². The molecule has 1 aromatic carbocycles. The zero-order valence-corrected chi connectivity index (χ0v) is 11.2. The minimum Gasteiger partial charge on any atom is -0.396 e. The molecule has 0 bridgehead atoms. The molecule has 0 aliphatic carbocycles. The fourth-order valence-electron chi connectivity index (χ4n) is 1.97. The maximum atomic E-state index is 13.7. The molecule has 108 valence electrons. The lowest BCUT2D eigenvalue weighted by Crippen LogP contribution is -2.45. The van der Waals surface area contributed by atoms with Crippen molar-refractivity contribution in [2.24, 2.45) is 5.16 Å². The Balaban J connectivity index is 2.03. The van der Waals surface area contributed by atoms with Crippen molar-refractivity contribution in [1.82, 2.24) is 5.32 Å². The molecule has 0 fully saturated rings. The second-order valence-corrected chi connectivity index (χ2v) is 4.85. The molecule has 1 aliphatic heterocycles. The quantitative estimate of drug-likeness (QED) is 0.796. The summed E-state index contributed by atoms with van der Waals surface area (Å²) in [4.78, 5) is 17.2. The van der Waals surface area contributed by atoms with Crippen LogP contribution in [0.1, 0.15) is 25.3 Å². The molecule has 0 radical (unpaired) electrons. The molecule has 6 heteroatoms. The zero-order valence-electron chi connectivity index (χ0n) is 11.2. The first-order valence-corrected chi connectivity index (χ1v) is 6.46. The van der Waals surface area contributed by atoms with E-state index >= 15 is 0 Å². The molecule has 1 aliphatic rings. The Morgan fingerprint density at radius 1 is 1.55 bits per heavy atom. The standard InChI is InChI=1S/C14H17FN2O3/c1-14(13(19)16-7-4-8-18)9-12(17-20-14)10-5-2-3-6-11(10)15/h2-3,5-6,18H,4,7-9H2,1H3,(H,16,19)/t14-/m1/s1. The molecule has 0 saturated carbocycles. The van der Waals surface area contributed by atoms with Crippen LogP contribution in [0.4, 0.5) is 4.39 Å². The molecule has 1 heterocycles. The van der Waals surface area contributed by atoms with Crippen molar-refractivity contribution in [2.75, 3.05) is 13.2 Å². The molecule has 0 aromatic heterocycles. The summed E-state index contributed by atoms with van der Waals surface area (Å²) in [6.45, 7) is 1.98. The van der Waals surface area contributed by atoms with Crippen molar-refractivity contribution in [3.8, 4) is 0 Å². The summed E-state index contributed by atoms with van der Waals surface area (Å²) >= 11 is 0. The monoisotopic (exact) mass is 280 g/mol. The fraction of sp³-hybridized carbons (Fsp3) is 0.429. The largest absolute Gasteiger partial charge is 0.396 e. The van der Waals surface area contributed by atoms with Crippen molar-refractivity contribution in [1.29, 1.82) is 0 Å². The molecule has 1 aromatic rings. The van der Waals surface area contributed by atoms with Gasteiger partial charge < -0.3 is 15.3 Å². The van der Waals surface area contributed by atoms with E-state index in [0.717, 1.165) is 0 Å². The van der Waals surface area contributed by atoms with Gasteiger partial charge in [-0.25, -0.2) is 4.39 Å². The van der Waals surface area contributed by atoms with Crippen molar-refractivity contribution < 1.29 is 19.1 Å². The van der Waals surface area contributed by atoms with Crippen molar-refractivity contribution in [2.45, 2.75) is 25.4 Å². The number of carbonyl (C=O) groups excluding carboxylic acids is 1. The SMILES string of the molecule is C[C@]1(C(=O)NCCCO)CC(c2ccccc2F)=NO1. The van der Waals surface area contributed by atoms with E-state index in [2.05, 4.69) is 10.5 Å². The Morgan fingerprint density at radius 2 is 2.30 bits per heavy atom. The van der Waals surface area contributed by atoms with Crippen LogP contribution >= 0.6 is 0 Å². The number of hydrogen-bond donors (Lipinski definition) is 2. The Bertz CT molecular complexity index is 533. The second kappa shape index (κ2) is 6.00. The predicted molar refractivity (Wildman–Crippen MR) is 71.8 cm³/mol.